The quantitative estimate of drug-likeness (QED) is 0.268. The van der Waals surface area contributed by atoms with Crippen molar-refractivity contribution in [2.75, 3.05) is 0 Å². The summed E-state index contributed by atoms with van der Waals surface area (Å²) in [6.07, 6.45) is 0. The zero-order chi connectivity index (χ0) is 0. The standard InChI is InChI=1S/Ca.2FH.Mg.2H/h;2*1H;;;/q+2;;;+2;2*-1/p-2. The Bertz CT molecular complexity index is 11.5. The normalized spacial score (nSPS) is 0. The number of rotatable bonds is 0. The summed E-state index contributed by atoms with van der Waals surface area (Å²) >= 11 is 0. The smallest absolute Gasteiger partial charge is 1.00 e. The molecule has 0 aliphatic rings. The Hall–Kier alpha value is 1.89. The second kappa shape index (κ2) is 20.7. The van der Waals surface area contributed by atoms with Crippen molar-refractivity contribution in [2.24, 2.45) is 0 Å². The molecule has 0 rings (SSSR count). The van der Waals surface area contributed by atoms with Gasteiger partial charge in [-0.05, 0) is 0 Å². The van der Waals surface area contributed by atoms with E-state index in [4.69, 9.17) is 0 Å². The van der Waals surface area contributed by atoms with Gasteiger partial charge in [-0.3, -0.25) is 0 Å². The molecule has 20 valence electrons. The van der Waals surface area contributed by atoms with Gasteiger partial charge in [-0.25, -0.2) is 0 Å². The third kappa shape index (κ3) is 9.10. The molecule has 0 fully saturated rings. The van der Waals surface area contributed by atoms with Gasteiger partial charge >= 0.3 is 60.8 Å². The molecule has 0 atom stereocenters. The zero-order valence-electron chi connectivity index (χ0n) is 4.17. The van der Waals surface area contributed by atoms with Crippen LogP contribution in [0, 0.1) is 0 Å². The minimum atomic E-state index is 0. The fraction of sp³-hybridized carbons (Fsp3) is 0. The predicted molar refractivity (Wildman–Crippen MR) is 13.7 cm³/mol. The summed E-state index contributed by atoms with van der Waals surface area (Å²) in [5.41, 5.74) is 0. The van der Waals surface area contributed by atoms with E-state index in [1.807, 2.05) is 0 Å². The second-order valence-electron chi connectivity index (χ2n) is 0. The molecule has 0 spiro atoms. The van der Waals surface area contributed by atoms with E-state index in [0.29, 0.717) is 0 Å². The molecule has 0 nitrogen and oxygen atoms in total. The first-order valence-corrected chi connectivity index (χ1v) is 0. The van der Waals surface area contributed by atoms with Crippen LogP contribution in [0.4, 0.5) is 0 Å². The van der Waals surface area contributed by atoms with E-state index in [0.717, 1.165) is 0 Å². The van der Waals surface area contributed by atoms with Gasteiger partial charge in [0, 0.05) is 0 Å². The molecular formula is H2CaF2Mg. The summed E-state index contributed by atoms with van der Waals surface area (Å²) in [4.78, 5) is 0. The van der Waals surface area contributed by atoms with Crippen LogP contribution in [0.2, 0.25) is 0 Å². The van der Waals surface area contributed by atoms with Crippen molar-refractivity contribution in [1.29, 1.82) is 0 Å². The molecule has 0 heterocycles. The van der Waals surface area contributed by atoms with E-state index in [-0.39, 0.29) is 73.1 Å². The van der Waals surface area contributed by atoms with Crippen LogP contribution in [-0.4, -0.2) is 60.8 Å². The maximum absolute atomic E-state index is 0. The van der Waals surface area contributed by atoms with Gasteiger partial charge in [-0.15, -0.1) is 0 Å². The molecule has 0 aromatic heterocycles. The van der Waals surface area contributed by atoms with E-state index in [9.17, 15) is 0 Å². The largest absolute Gasteiger partial charge is 2.00 e. The van der Waals surface area contributed by atoms with Gasteiger partial charge in [0.05, 0.1) is 0 Å². The van der Waals surface area contributed by atoms with E-state index >= 15 is 0 Å². The van der Waals surface area contributed by atoms with Gasteiger partial charge in [0.25, 0.3) is 0 Å². The van der Waals surface area contributed by atoms with Crippen molar-refractivity contribution in [3.63, 3.8) is 0 Å². The average Bonchev–Trinajstić information content (AvgIpc) is 0. The Labute approximate surface area is 72.2 Å². The van der Waals surface area contributed by atoms with Crippen molar-refractivity contribution in [2.45, 2.75) is 0 Å². The molecule has 0 saturated carbocycles. The Kier molecular flexibility index (Phi) is 205. The number of hydrogen-bond donors (Lipinski definition) is 0. The molecule has 0 N–H and O–H groups in total. The van der Waals surface area contributed by atoms with E-state index in [1.54, 1.807) is 0 Å². The monoisotopic (exact) mass is 104 g/mol. The van der Waals surface area contributed by atoms with E-state index in [2.05, 4.69) is 0 Å². The van der Waals surface area contributed by atoms with Crippen LogP contribution < -0.4 is 9.41 Å². The summed E-state index contributed by atoms with van der Waals surface area (Å²) < 4.78 is 0. The van der Waals surface area contributed by atoms with Crippen LogP contribution in [0.1, 0.15) is 2.85 Å². The Balaban J connectivity index is 0. The zero-order valence-corrected chi connectivity index (χ0v) is 5.79. The molecule has 4 heavy (non-hydrogen) atoms. The first-order chi connectivity index (χ1) is 0. The fourth-order valence-corrected chi connectivity index (χ4v) is 0. The van der Waals surface area contributed by atoms with Gasteiger partial charge in [0.15, 0.2) is 0 Å². The molecule has 0 bridgehead atoms. The van der Waals surface area contributed by atoms with Crippen LogP contribution in [-0.2, 0) is 0 Å². The molecule has 0 aromatic carbocycles. The first kappa shape index (κ1) is 39.5. The molecule has 0 radical (unpaired) electrons. The van der Waals surface area contributed by atoms with Crippen LogP contribution >= 0.6 is 0 Å². The van der Waals surface area contributed by atoms with Crippen molar-refractivity contribution in [1.82, 2.24) is 0 Å². The maximum atomic E-state index is 0. The van der Waals surface area contributed by atoms with Crippen LogP contribution in [0.15, 0.2) is 0 Å². The molecule has 0 unspecified atom stereocenters. The van der Waals surface area contributed by atoms with Gasteiger partial charge in [0.1, 0.15) is 0 Å². The molecule has 0 amide bonds. The van der Waals surface area contributed by atoms with Crippen molar-refractivity contribution >= 4 is 60.8 Å². The molecule has 0 aliphatic carbocycles. The Morgan fingerprint density at radius 1 is 1.00 bits per heavy atom. The fourth-order valence-electron chi connectivity index (χ4n) is 0. The Morgan fingerprint density at radius 2 is 1.00 bits per heavy atom. The van der Waals surface area contributed by atoms with Gasteiger partial charge in [-0.2, -0.15) is 0 Å². The SMILES string of the molecule is [Ca+2].[F-].[F-].[H-].[H-].[Mg+2]. The second-order valence-corrected chi connectivity index (χ2v) is 0. The van der Waals surface area contributed by atoms with Gasteiger partial charge in [-0.1, -0.05) is 0 Å². The molecule has 0 aromatic rings. The maximum Gasteiger partial charge on any atom is 2.00 e. The minimum absolute atomic E-state index is 0. The third-order valence-corrected chi connectivity index (χ3v) is 0. The number of hydrogen-bond acceptors (Lipinski definition) is 0. The summed E-state index contributed by atoms with van der Waals surface area (Å²) in [6, 6.07) is 0. The first-order valence-electron chi connectivity index (χ1n) is 0. The predicted octanol–water partition coefficient (Wildman–Crippen LogP) is -6.53. The topological polar surface area (TPSA) is 0 Å². The summed E-state index contributed by atoms with van der Waals surface area (Å²) in [5.74, 6) is 0. The average molecular weight is 104 g/mol. The Morgan fingerprint density at radius 3 is 1.00 bits per heavy atom. The third-order valence-electron chi connectivity index (χ3n) is 0. The van der Waals surface area contributed by atoms with E-state index in [1.165, 1.54) is 0 Å². The van der Waals surface area contributed by atoms with E-state index < -0.39 is 0 Å². The van der Waals surface area contributed by atoms with Gasteiger partial charge < -0.3 is 12.3 Å². The van der Waals surface area contributed by atoms with Crippen molar-refractivity contribution in [3.8, 4) is 0 Å². The molecule has 0 aliphatic heterocycles. The summed E-state index contributed by atoms with van der Waals surface area (Å²) in [5, 5.41) is 0. The summed E-state index contributed by atoms with van der Waals surface area (Å²) in [6.45, 7) is 0. The van der Waals surface area contributed by atoms with Crippen LogP contribution in [0.5, 0.6) is 0 Å². The number of halogens is 2. The molecule has 4 heteroatoms. The molecular weight excluding hydrogens is 102 g/mol. The van der Waals surface area contributed by atoms with Crippen LogP contribution in [0.25, 0.3) is 0 Å². The minimum Gasteiger partial charge on any atom is -1.00 e. The summed E-state index contributed by atoms with van der Waals surface area (Å²) in [7, 11) is 0. The van der Waals surface area contributed by atoms with Crippen molar-refractivity contribution < 1.29 is 12.3 Å². The van der Waals surface area contributed by atoms with Crippen molar-refractivity contribution in [3.05, 3.63) is 0 Å². The van der Waals surface area contributed by atoms with Crippen LogP contribution in [0.3, 0.4) is 0 Å². The molecule has 0 saturated heterocycles. The van der Waals surface area contributed by atoms with Gasteiger partial charge in [0.2, 0.25) is 0 Å².